The van der Waals surface area contributed by atoms with Gasteiger partial charge >= 0.3 is 0 Å². The molecule has 0 saturated heterocycles. The summed E-state index contributed by atoms with van der Waals surface area (Å²) in [5.41, 5.74) is 0. The smallest absolute Gasteiger partial charge is 0.209 e. The van der Waals surface area contributed by atoms with Gasteiger partial charge in [0.05, 0.1) is 0 Å². The van der Waals surface area contributed by atoms with Crippen LogP contribution in [0, 0.1) is 11.5 Å². The van der Waals surface area contributed by atoms with Crippen LogP contribution in [0.15, 0.2) is 4.99 Å². The molecular weight excluding hydrogens is 116 g/mol. The van der Waals surface area contributed by atoms with E-state index in [1.54, 1.807) is 18.1 Å². The van der Waals surface area contributed by atoms with Gasteiger partial charge in [-0.2, -0.15) is 5.26 Å². The third-order valence-corrected chi connectivity index (χ3v) is 0.803. The summed E-state index contributed by atoms with van der Waals surface area (Å²) in [5, 5.41) is 10.9. The monoisotopic (exact) mass is 126 g/mol. The van der Waals surface area contributed by atoms with Crippen LogP contribution < -0.4 is 5.32 Å². The van der Waals surface area contributed by atoms with Crippen LogP contribution in [0.25, 0.3) is 0 Å². The lowest BCUT2D eigenvalue weighted by atomic mass is 10.8. The summed E-state index contributed by atoms with van der Waals surface area (Å²) in [6.45, 7) is 0. The fourth-order valence-electron chi connectivity index (χ4n) is 0.427. The molecule has 0 aliphatic rings. The van der Waals surface area contributed by atoms with Gasteiger partial charge < -0.3 is 10.2 Å². The Morgan fingerprint density at radius 3 is 2.33 bits per heavy atom. The molecule has 0 atom stereocenters. The number of rotatable bonds is 0. The maximum Gasteiger partial charge on any atom is 0.209 e. The Bertz CT molecular complexity index is 142. The minimum atomic E-state index is 0.567. The summed E-state index contributed by atoms with van der Waals surface area (Å²) in [5.74, 6) is 0.567. The molecular formula is C5H10N4. The topological polar surface area (TPSA) is 51.4 Å². The van der Waals surface area contributed by atoms with Gasteiger partial charge in [-0.3, -0.25) is 0 Å². The van der Waals surface area contributed by atoms with Crippen molar-refractivity contribution in [1.82, 2.24) is 10.2 Å². The van der Waals surface area contributed by atoms with E-state index in [-0.39, 0.29) is 0 Å². The van der Waals surface area contributed by atoms with Crippen LogP contribution in [-0.4, -0.2) is 32.0 Å². The summed E-state index contributed by atoms with van der Waals surface area (Å²) in [6, 6.07) is 0. The normalized spacial score (nSPS) is 10.2. The van der Waals surface area contributed by atoms with Gasteiger partial charge in [0.15, 0.2) is 0 Å². The molecule has 0 amide bonds. The lowest BCUT2D eigenvalue weighted by Crippen LogP contribution is -2.33. The molecule has 0 radical (unpaired) electrons. The molecule has 9 heavy (non-hydrogen) atoms. The fraction of sp³-hybridized carbons (Fsp3) is 0.600. The van der Waals surface area contributed by atoms with Crippen molar-refractivity contribution in [3.05, 3.63) is 0 Å². The quantitative estimate of drug-likeness (QED) is 0.273. The molecule has 0 aromatic carbocycles. The van der Waals surface area contributed by atoms with Crippen molar-refractivity contribution in [1.29, 1.82) is 5.26 Å². The highest BCUT2D eigenvalue weighted by Gasteiger charge is 1.93. The first-order chi connectivity index (χ1) is 4.22. The van der Waals surface area contributed by atoms with Crippen molar-refractivity contribution in [2.75, 3.05) is 21.1 Å². The SMILES string of the molecule is CN/C(=N\C#N)N(C)C. The summed E-state index contributed by atoms with van der Waals surface area (Å²) in [6.07, 6.45) is 1.68. The molecule has 1 N–H and O–H groups in total. The summed E-state index contributed by atoms with van der Waals surface area (Å²) < 4.78 is 0. The molecule has 0 aliphatic heterocycles. The van der Waals surface area contributed by atoms with Crippen molar-refractivity contribution in [3.63, 3.8) is 0 Å². The molecule has 4 nitrogen and oxygen atoms in total. The van der Waals surface area contributed by atoms with E-state index >= 15 is 0 Å². The lowest BCUT2D eigenvalue weighted by Gasteiger charge is -2.11. The standard InChI is InChI=1S/C5H10N4/c1-7-5(8-4-6)9(2)3/h1-3H3,(H,7,8). The summed E-state index contributed by atoms with van der Waals surface area (Å²) >= 11 is 0. The van der Waals surface area contributed by atoms with E-state index in [0.29, 0.717) is 5.96 Å². The van der Waals surface area contributed by atoms with Crippen LogP contribution in [-0.2, 0) is 0 Å². The molecule has 0 spiro atoms. The maximum absolute atomic E-state index is 8.11. The lowest BCUT2D eigenvalue weighted by molar-refractivity contribution is 0.597. The predicted molar refractivity (Wildman–Crippen MR) is 35.8 cm³/mol. The van der Waals surface area contributed by atoms with Gasteiger partial charge in [-0.25, -0.2) is 0 Å². The Hall–Kier alpha value is -1.24. The van der Waals surface area contributed by atoms with Gasteiger partial charge in [0.25, 0.3) is 0 Å². The molecule has 0 heterocycles. The summed E-state index contributed by atoms with van der Waals surface area (Å²) in [4.78, 5) is 5.20. The van der Waals surface area contributed by atoms with Crippen LogP contribution in [0.4, 0.5) is 0 Å². The number of nitrogens with one attached hydrogen (secondary N) is 1. The molecule has 50 valence electrons. The highest BCUT2D eigenvalue weighted by Crippen LogP contribution is 1.75. The minimum absolute atomic E-state index is 0.567. The maximum atomic E-state index is 8.11. The van der Waals surface area contributed by atoms with E-state index in [2.05, 4.69) is 10.3 Å². The molecule has 0 aromatic heterocycles. The van der Waals surface area contributed by atoms with E-state index in [1.807, 2.05) is 14.1 Å². The fourth-order valence-corrected chi connectivity index (χ4v) is 0.427. The zero-order valence-electron chi connectivity index (χ0n) is 5.84. The number of hydrogen-bond acceptors (Lipinski definition) is 2. The Kier molecular flexibility index (Phi) is 3.21. The van der Waals surface area contributed by atoms with Gasteiger partial charge in [0.1, 0.15) is 0 Å². The predicted octanol–water partition coefficient (Wildman–Crippen LogP) is -0.396. The first-order valence-corrected chi connectivity index (χ1v) is 2.54. The summed E-state index contributed by atoms with van der Waals surface area (Å²) in [7, 11) is 5.34. The van der Waals surface area contributed by atoms with Gasteiger partial charge in [0.2, 0.25) is 12.2 Å². The van der Waals surface area contributed by atoms with Crippen LogP contribution in [0.2, 0.25) is 0 Å². The molecule has 0 bridgehead atoms. The second-order valence-electron chi connectivity index (χ2n) is 1.68. The van der Waals surface area contributed by atoms with Crippen molar-refractivity contribution in [3.8, 4) is 6.19 Å². The average molecular weight is 126 g/mol. The number of nitrogens with zero attached hydrogens (tertiary/aromatic N) is 3. The van der Waals surface area contributed by atoms with Crippen LogP contribution in [0.1, 0.15) is 0 Å². The third kappa shape index (κ3) is 2.54. The third-order valence-electron chi connectivity index (χ3n) is 0.803. The molecule has 0 fully saturated rings. The second kappa shape index (κ2) is 3.72. The van der Waals surface area contributed by atoms with Gasteiger partial charge in [0, 0.05) is 21.1 Å². The first-order valence-electron chi connectivity index (χ1n) is 2.54. The van der Waals surface area contributed by atoms with E-state index in [4.69, 9.17) is 5.26 Å². The zero-order valence-corrected chi connectivity index (χ0v) is 5.84. The molecule has 0 saturated carbocycles. The molecule has 0 aromatic rings. The van der Waals surface area contributed by atoms with E-state index < -0.39 is 0 Å². The minimum Gasteiger partial charge on any atom is -0.358 e. The van der Waals surface area contributed by atoms with Crippen LogP contribution >= 0.6 is 0 Å². The van der Waals surface area contributed by atoms with Crippen molar-refractivity contribution in [2.45, 2.75) is 0 Å². The van der Waals surface area contributed by atoms with E-state index in [0.717, 1.165) is 0 Å². The Balaban J connectivity index is 4.02. The van der Waals surface area contributed by atoms with Crippen molar-refractivity contribution in [2.24, 2.45) is 4.99 Å². The number of hydrogen-bond donors (Lipinski definition) is 1. The molecule has 0 unspecified atom stereocenters. The number of guanidine groups is 1. The number of nitriles is 1. The van der Waals surface area contributed by atoms with E-state index in [9.17, 15) is 0 Å². The van der Waals surface area contributed by atoms with Gasteiger partial charge in [-0.1, -0.05) is 0 Å². The van der Waals surface area contributed by atoms with Gasteiger partial charge in [-0.15, -0.1) is 4.99 Å². The number of aliphatic imine (C=N–C) groups is 1. The Morgan fingerprint density at radius 1 is 1.67 bits per heavy atom. The van der Waals surface area contributed by atoms with E-state index in [1.165, 1.54) is 0 Å². The highest BCUT2D eigenvalue weighted by molar-refractivity contribution is 5.79. The first kappa shape index (κ1) is 7.76. The second-order valence-corrected chi connectivity index (χ2v) is 1.68. The van der Waals surface area contributed by atoms with Crippen molar-refractivity contribution < 1.29 is 0 Å². The van der Waals surface area contributed by atoms with Crippen LogP contribution in [0.3, 0.4) is 0 Å². The molecule has 4 heteroatoms. The molecule has 0 aliphatic carbocycles. The van der Waals surface area contributed by atoms with Crippen LogP contribution in [0.5, 0.6) is 0 Å². The Labute approximate surface area is 54.8 Å². The Morgan fingerprint density at radius 2 is 2.22 bits per heavy atom. The highest BCUT2D eigenvalue weighted by atomic mass is 15.3. The largest absolute Gasteiger partial charge is 0.358 e. The van der Waals surface area contributed by atoms with Crippen molar-refractivity contribution >= 4 is 5.96 Å². The average Bonchev–Trinajstić information content (AvgIpc) is 1.82. The zero-order chi connectivity index (χ0) is 7.28. The molecule has 0 rings (SSSR count). The van der Waals surface area contributed by atoms with Gasteiger partial charge in [-0.05, 0) is 0 Å².